The summed E-state index contributed by atoms with van der Waals surface area (Å²) in [5.74, 6) is 0.214. The molecule has 0 bridgehead atoms. The molecule has 0 radical (unpaired) electrons. The second-order valence-electron chi connectivity index (χ2n) is 12.0. The number of hydrogen-bond donors (Lipinski definition) is 0. The maximum Gasteiger partial charge on any atom is 0.162 e. The Balaban J connectivity index is 1.53. The van der Waals surface area contributed by atoms with E-state index in [4.69, 9.17) is 4.74 Å². The van der Waals surface area contributed by atoms with E-state index >= 15 is 0 Å². The molecular weight excluding hydrogens is 453 g/mol. The molecule has 0 N–H and O–H groups in total. The summed E-state index contributed by atoms with van der Waals surface area (Å²) in [6.07, 6.45) is 2.55. The van der Waals surface area contributed by atoms with Gasteiger partial charge in [-0.05, 0) is 47.4 Å². The van der Waals surface area contributed by atoms with Crippen molar-refractivity contribution in [2.75, 3.05) is 7.05 Å². The predicted molar refractivity (Wildman–Crippen MR) is 138 cm³/mol. The number of ether oxygens (including phenoxy) is 1. The van der Waals surface area contributed by atoms with Gasteiger partial charge in [-0.2, -0.15) is 0 Å². The lowest BCUT2D eigenvalue weighted by molar-refractivity contribution is -0.119. The van der Waals surface area contributed by atoms with E-state index in [0.717, 1.165) is 40.9 Å². The van der Waals surface area contributed by atoms with Crippen LogP contribution in [0.15, 0.2) is 71.1 Å². The van der Waals surface area contributed by atoms with Crippen molar-refractivity contribution < 1.29 is 18.7 Å². The molecule has 0 atom stereocenters. The normalized spacial score (nSPS) is 21.4. The Morgan fingerprint density at radius 3 is 1.89 bits per heavy atom. The van der Waals surface area contributed by atoms with Gasteiger partial charge in [0.1, 0.15) is 18.2 Å². The zero-order valence-corrected chi connectivity index (χ0v) is 21.8. The number of rotatable bonds is 4. The summed E-state index contributed by atoms with van der Waals surface area (Å²) in [6.45, 7) is 8.68. The van der Waals surface area contributed by atoms with Crippen LogP contribution in [0.5, 0.6) is 5.75 Å². The summed E-state index contributed by atoms with van der Waals surface area (Å²) >= 11 is 0. The Hall–Kier alpha value is -3.21. The molecule has 2 aromatic rings. The summed E-state index contributed by atoms with van der Waals surface area (Å²) in [7, 11) is 2.02. The average molecular weight is 488 g/mol. The molecule has 3 aliphatic rings. The van der Waals surface area contributed by atoms with Gasteiger partial charge < -0.3 is 9.64 Å². The Bertz CT molecular complexity index is 1250. The second-order valence-corrected chi connectivity index (χ2v) is 12.0. The van der Waals surface area contributed by atoms with Gasteiger partial charge in [-0.15, -0.1) is 0 Å². The lowest BCUT2D eigenvalue weighted by Gasteiger charge is -2.47. The molecule has 0 spiro atoms. The van der Waals surface area contributed by atoms with Crippen molar-refractivity contribution in [2.45, 2.75) is 65.9 Å². The summed E-state index contributed by atoms with van der Waals surface area (Å²) < 4.78 is 19.8. The van der Waals surface area contributed by atoms with E-state index in [1.807, 2.05) is 31.3 Å². The molecule has 36 heavy (non-hydrogen) atoms. The van der Waals surface area contributed by atoms with E-state index in [9.17, 15) is 14.0 Å². The first-order valence-corrected chi connectivity index (χ1v) is 12.7. The first-order valence-electron chi connectivity index (χ1n) is 12.7. The molecule has 5 heteroatoms. The molecule has 0 aromatic heterocycles. The van der Waals surface area contributed by atoms with E-state index in [0.29, 0.717) is 24.2 Å². The number of halogens is 1. The number of benzene rings is 2. The molecule has 0 amide bonds. The molecule has 4 nitrogen and oxygen atoms in total. The second kappa shape index (κ2) is 8.72. The molecule has 2 aromatic carbocycles. The fourth-order valence-electron chi connectivity index (χ4n) is 6.03. The lowest BCUT2D eigenvalue weighted by Crippen LogP contribution is -2.43. The molecule has 5 rings (SSSR count). The number of hydrogen-bond acceptors (Lipinski definition) is 4. The smallest absolute Gasteiger partial charge is 0.162 e. The van der Waals surface area contributed by atoms with Gasteiger partial charge in [0.15, 0.2) is 11.6 Å². The average Bonchev–Trinajstić information content (AvgIpc) is 2.79. The largest absolute Gasteiger partial charge is 0.489 e. The van der Waals surface area contributed by atoms with Crippen molar-refractivity contribution in [2.24, 2.45) is 10.8 Å². The van der Waals surface area contributed by atoms with Crippen molar-refractivity contribution in [3.05, 3.63) is 88.0 Å². The lowest BCUT2D eigenvalue weighted by atomic mass is 9.64. The molecular formula is C31H34FNO3. The molecule has 0 unspecified atom stereocenters. The highest BCUT2D eigenvalue weighted by atomic mass is 19.1. The quantitative estimate of drug-likeness (QED) is 0.480. The zero-order valence-electron chi connectivity index (χ0n) is 21.8. The highest BCUT2D eigenvalue weighted by molar-refractivity contribution is 6.06. The summed E-state index contributed by atoms with van der Waals surface area (Å²) in [6, 6.07) is 14.2. The van der Waals surface area contributed by atoms with Gasteiger partial charge in [-0.3, -0.25) is 9.59 Å². The van der Waals surface area contributed by atoms with Crippen LogP contribution in [0.4, 0.5) is 4.39 Å². The Morgan fingerprint density at radius 2 is 1.36 bits per heavy atom. The van der Waals surface area contributed by atoms with E-state index in [2.05, 4.69) is 32.6 Å². The number of carbonyl (C=O) groups is 2. The van der Waals surface area contributed by atoms with Gasteiger partial charge >= 0.3 is 0 Å². The Morgan fingerprint density at radius 1 is 0.833 bits per heavy atom. The van der Waals surface area contributed by atoms with Crippen molar-refractivity contribution in [3.8, 4) is 5.75 Å². The van der Waals surface area contributed by atoms with Gasteiger partial charge in [-0.1, -0.05) is 58.0 Å². The molecule has 1 aliphatic heterocycles. The van der Waals surface area contributed by atoms with Gasteiger partial charge in [0.2, 0.25) is 0 Å². The number of Topliss-reactive ketones (excluding diaryl/α,β-unsaturated/α-hetero) is 2. The molecule has 1 heterocycles. The third kappa shape index (κ3) is 4.40. The zero-order chi connectivity index (χ0) is 25.8. The first-order chi connectivity index (χ1) is 17.0. The minimum absolute atomic E-state index is 0.120. The van der Waals surface area contributed by atoms with E-state index < -0.39 is 0 Å². The molecule has 0 saturated heterocycles. The van der Waals surface area contributed by atoms with E-state index in [1.54, 1.807) is 18.2 Å². The van der Waals surface area contributed by atoms with Crippen LogP contribution < -0.4 is 4.74 Å². The van der Waals surface area contributed by atoms with Crippen LogP contribution in [0.25, 0.3) is 0 Å². The van der Waals surface area contributed by atoms with Gasteiger partial charge in [0.05, 0.1) is 0 Å². The minimum atomic E-state index is -0.362. The minimum Gasteiger partial charge on any atom is -0.489 e. The van der Waals surface area contributed by atoms with Crippen LogP contribution in [0.2, 0.25) is 0 Å². The van der Waals surface area contributed by atoms with Crippen LogP contribution in [0.1, 0.15) is 70.4 Å². The highest BCUT2D eigenvalue weighted by Gasteiger charge is 2.48. The predicted octanol–water partition coefficient (Wildman–Crippen LogP) is 6.72. The third-order valence-electron chi connectivity index (χ3n) is 7.75. The Labute approximate surface area is 212 Å². The van der Waals surface area contributed by atoms with Crippen molar-refractivity contribution in [1.82, 2.24) is 4.90 Å². The van der Waals surface area contributed by atoms with Crippen LogP contribution in [0, 0.1) is 16.6 Å². The summed E-state index contributed by atoms with van der Waals surface area (Å²) in [4.78, 5) is 29.3. The summed E-state index contributed by atoms with van der Waals surface area (Å²) in [5.41, 5.74) is 4.80. The van der Waals surface area contributed by atoms with Gasteiger partial charge in [0, 0.05) is 53.9 Å². The molecule has 188 valence electrons. The maximum absolute atomic E-state index is 14.0. The number of ketones is 2. The standard InChI is InChI=1S/C31H34FNO3/c1-30(2)14-23-28(25(34)16-30)27(29-24(33(23)5)15-31(3,4)17-26(29)35)19-10-12-21(13-11-19)36-18-20-8-6-7-9-22(20)32/h6-13,27H,14-18H2,1-5H3. The van der Waals surface area contributed by atoms with Crippen LogP contribution in [-0.4, -0.2) is 23.5 Å². The molecule has 0 saturated carbocycles. The first kappa shape index (κ1) is 24.5. The van der Waals surface area contributed by atoms with Crippen molar-refractivity contribution in [3.63, 3.8) is 0 Å². The number of allylic oxidation sites excluding steroid dienone is 4. The molecule has 0 fully saturated rings. The monoisotopic (exact) mass is 487 g/mol. The van der Waals surface area contributed by atoms with Crippen LogP contribution >= 0.6 is 0 Å². The fraction of sp³-hybridized carbons (Fsp3) is 0.419. The maximum atomic E-state index is 14.0. The van der Waals surface area contributed by atoms with Crippen molar-refractivity contribution >= 4 is 11.6 Å². The third-order valence-corrected chi connectivity index (χ3v) is 7.75. The number of carbonyl (C=O) groups excluding carboxylic acids is 2. The Kier molecular flexibility index (Phi) is 5.93. The van der Waals surface area contributed by atoms with E-state index in [1.165, 1.54) is 6.07 Å². The fourth-order valence-corrected chi connectivity index (χ4v) is 6.03. The van der Waals surface area contributed by atoms with Crippen LogP contribution in [-0.2, 0) is 16.2 Å². The van der Waals surface area contributed by atoms with Gasteiger partial charge in [-0.25, -0.2) is 4.39 Å². The van der Waals surface area contributed by atoms with Crippen molar-refractivity contribution in [1.29, 1.82) is 0 Å². The highest BCUT2D eigenvalue weighted by Crippen LogP contribution is 2.53. The SMILES string of the molecule is CN1C2=C(C(=O)CC(C)(C)C2)C(c2ccc(OCc3ccccc3F)cc2)C2=C1CC(C)(C)CC2=O. The van der Waals surface area contributed by atoms with Crippen LogP contribution in [0.3, 0.4) is 0 Å². The summed E-state index contributed by atoms with van der Waals surface area (Å²) in [5, 5.41) is 0. The van der Waals surface area contributed by atoms with E-state index in [-0.39, 0.29) is 40.7 Å². The number of nitrogens with zero attached hydrogens (tertiary/aromatic N) is 1. The topological polar surface area (TPSA) is 46.6 Å². The molecule has 2 aliphatic carbocycles. The van der Waals surface area contributed by atoms with Gasteiger partial charge in [0.25, 0.3) is 0 Å².